The van der Waals surface area contributed by atoms with Crippen molar-refractivity contribution in [2.75, 3.05) is 46.5 Å². The van der Waals surface area contributed by atoms with Gasteiger partial charge in [-0.1, -0.05) is 6.07 Å². The van der Waals surface area contributed by atoms with Crippen LogP contribution in [0.4, 0.5) is 4.79 Å². The smallest absolute Gasteiger partial charge is 0.410 e. The number of carbonyl (C=O) groups excluding carboxylic acids is 1. The molecule has 0 aromatic carbocycles. The van der Waals surface area contributed by atoms with Crippen molar-refractivity contribution in [3.8, 4) is 0 Å². The minimum absolute atomic E-state index is 0.0520. The molecule has 32 heavy (non-hydrogen) atoms. The SMILES string of the molecule is CN=C(NCCCN(Cc1cccnc1)C(=O)OC(C)(C)C)NCC1(CCO)CCOC1. The molecular weight excluding hydrogens is 410 g/mol. The molecule has 1 aromatic heterocycles. The second-order valence-corrected chi connectivity index (χ2v) is 9.25. The number of hydrogen-bond acceptors (Lipinski definition) is 6. The Labute approximate surface area is 191 Å². The average Bonchev–Trinajstić information content (AvgIpc) is 3.21. The van der Waals surface area contributed by atoms with Crippen LogP contribution in [-0.2, 0) is 16.0 Å². The van der Waals surface area contributed by atoms with Crippen LogP contribution >= 0.6 is 0 Å². The van der Waals surface area contributed by atoms with Crippen molar-refractivity contribution in [1.82, 2.24) is 20.5 Å². The van der Waals surface area contributed by atoms with E-state index < -0.39 is 5.60 Å². The van der Waals surface area contributed by atoms with Crippen molar-refractivity contribution in [2.45, 2.75) is 52.2 Å². The molecule has 9 heteroatoms. The molecule has 0 spiro atoms. The lowest BCUT2D eigenvalue weighted by Crippen LogP contribution is -2.45. The van der Waals surface area contributed by atoms with Crippen LogP contribution in [0.15, 0.2) is 29.5 Å². The summed E-state index contributed by atoms with van der Waals surface area (Å²) in [7, 11) is 1.73. The number of carbonyl (C=O) groups is 1. The molecule has 1 aromatic rings. The van der Waals surface area contributed by atoms with Crippen LogP contribution in [0.2, 0.25) is 0 Å². The minimum atomic E-state index is -0.553. The number of pyridine rings is 1. The molecule has 1 aliphatic rings. The summed E-state index contributed by atoms with van der Waals surface area (Å²) in [5.74, 6) is 0.699. The number of amides is 1. The van der Waals surface area contributed by atoms with Gasteiger partial charge in [0, 0.05) is 57.7 Å². The fraction of sp³-hybridized carbons (Fsp3) is 0.696. The van der Waals surface area contributed by atoms with Gasteiger partial charge in [0.05, 0.1) is 13.2 Å². The van der Waals surface area contributed by atoms with E-state index in [4.69, 9.17) is 9.47 Å². The Morgan fingerprint density at radius 2 is 2.22 bits per heavy atom. The van der Waals surface area contributed by atoms with Gasteiger partial charge in [-0.2, -0.15) is 0 Å². The summed E-state index contributed by atoms with van der Waals surface area (Å²) in [5.41, 5.74) is 0.351. The van der Waals surface area contributed by atoms with Gasteiger partial charge in [0.25, 0.3) is 0 Å². The predicted molar refractivity (Wildman–Crippen MR) is 124 cm³/mol. The monoisotopic (exact) mass is 449 g/mol. The Hall–Kier alpha value is -2.39. The van der Waals surface area contributed by atoms with E-state index in [2.05, 4.69) is 20.6 Å². The van der Waals surface area contributed by atoms with Gasteiger partial charge in [-0.25, -0.2) is 4.79 Å². The molecule has 0 bridgehead atoms. The van der Waals surface area contributed by atoms with E-state index >= 15 is 0 Å². The highest BCUT2D eigenvalue weighted by atomic mass is 16.6. The Morgan fingerprint density at radius 1 is 1.41 bits per heavy atom. The van der Waals surface area contributed by atoms with Crippen LogP contribution in [0.3, 0.4) is 0 Å². The number of nitrogens with zero attached hydrogens (tertiary/aromatic N) is 3. The summed E-state index contributed by atoms with van der Waals surface area (Å²) in [6, 6.07) is 3.81. The standard InChI is InChI=1S/C23H39N5O4/c1-22(2,3)32-21(30)28(16-19-7-5-10-25-15-19)12-6-11-26-20(24-4)27-17-23(8-13-29)9-14-31-18-23/h5,7,10,15,29H,6,8-9,11-14,16-18H2,1-4H3,(H2,24,26,27). The van der Waals surface area contributed by atoms with Gasteiger partial charge < -0.3 is 30.1 Å². The second kappa shape index (κ2) is 12.6. The van der Waals surface area contributed by atoms with E-state index in [-0.39, 0.29) is 18.1 Å². The zero-order chi connectivity index (χ0) is 23.5. The molecule has 2 heterocycles. The van der Waals surface area contributed by atoms with E-state index in [9.17, 15) is 9.90 Å². The molecule has 1 atom stereocenters. The fourth-order valence-electron chi connectivity index (χ4n) is 3.55. The topological polar surface area (TPSA) is 108 Å². The first-order chi connectivity index (χ1) is 15.3. The highest BCUT2D eigenvalue weighted by molar-refractivity contribution is 5.79. The summed E-state index contributed by atoms with van der Waals surface area (Å²) in [6.45, 7) is 9.44. The highest BCUT2D eigenvalue weighted by Gasteiger charge is 2.34. The Morgan fingerprint density at radius 3 is 2.81 bits per heavy atom. The predicted octanol–water partition coefficient (Wildman–Crippen LogP) is 2.16. The summed E-state index contributed by atoms with van der Waals surface area (Å²) in [6.07, 6.45) is 5.50. The van der Waals surface area contributed by atoms with Crippen LogP contribution in [0.5, 0.6) is 0 Å². The van der Waals surface area contributed by atoms with E-state index in [1.165, 1.54) is 0 Å². The molecule has 0 aliphatic carbocycles. The summed E-state index contributed by atoms with van der Waals surface area (Å²) in [5, 5.41) is 16.0. The molecule has 180 valence electrons. The minimum Gasteiger partial charge on any atom is -0.444 e. The number of aliphatic imine (C=N–C) groups is 1. The van der Waals surface area contributed by atoms with Crippen molar-refractivity contribution < 1.29 is 19.4 Å². The van der Waals surface area contributed by atoms with E-state index in [1.54, 1.807) is 24.3 Å². The number of aromatic nitrogens is 1. The molecule has 0 radical (unpaired) electrons. The molecule has 3 N–H and O–H groups in total. The summed E-state index contributed by atoms with van der Waals surface area (Å²) in [4.78, 5) is 22.8. The van der Waals surface area contributed by atoms with Gasteiger partial charge in [-0.05, 0) is 51.7 Å². The molecule has 1 amide bonds. The summed E-state index contributed by atoms with van der Waals surface area (Å²) >= 11 is 0. The number of aliphatic hydroxyl groups is 1. The van der Waals surface area contributed by atoms with Gasteiger partial charge in [-0.15, -0.1) is 0 Å². The number of guanidine groups is 1. The molecule has 1 aliphatic heterocycles. The van der Waals surface area contributed by atoms with Crippen LogP contribution in [0, 0.1) is 5.41 Å². The maximum atomic E-state index is 12.7. The van der Waals surface area contributed by atoms with Crippen molar-refractivity contribution >= 4 is 12.1 Å². The van der Waals surface area contributed by atoms with Gasteiger partial charge in [0.1, 0.15) is 5.60 Å². The molecule has 2 rings (SSSR count). The highest BCUT2D eigenvalue weighted by Crippen LogP contribution is 2.31. The Kier molecular flexibility index (Phi) is 10.2. The molecule has 1 saturated heterocycles. The largest absolute Gasteiger partial charge is 0.444 e. The van der Waals surface area contributed by atoms with Crippen molar-refractivity contribution in [3.05, 3.63) is 30.1 Å². The second-order valence-electron chi connectivity index (χ2n) is 9.25. The zero-order valence-corrected chi connectivity index (χ0v) is 19.9. The van der Waals surface area contributed by atoms with Crippen molar-refractivity contribution in [2.24, 2.45) is 10.4 Å². The lowest BCUT2D eigenvalue weighted by atomic mass is 9.84. The van der Waals surface area contributed by atoms with Crippen LogP contribution < -0.4 is 10.6 Å². The first-order valence-electron chi connectivity index (χ1n) is 11.3. The lowest BCUT2D eigenvalue weighted by molar-refractivity contribution is 0.0232. The Bertz CT molecular complexity index is 715. The normalized spacial score (nSPS) is 19.0. The van der Waals surface area contributed by atoms with Gasteiger partial charge >= 0.3 is 6.09 Å². The van der Waals surface area contributed by atoms with Crippen LogP contribution in [-0.4, -0.2) is 79.1 Å². The third-order valence-electron chi connectivity index (χ3n) is 5.33. The number of aliphatic hydroxyl groups excluding tert-OH is 1. The fourth-order valence-corrected chi connectivity index (χ4v) is 3.55. The summed E-state index contributed by atoms with van der Waals surface area (Å²) < 4.78 is 11.1. The maximum Gasteiger partial charge on any atom is 0.410 e. The Balaban J connectivity index is 1.84. The third kappa shape index (κ3) is 9.00. The average molecular weight is 450 g/mol. The first-order valence-corrected chi connectivity index (χ1v) is 11.3. The number of hydrogen-bond donors (Lipinski definition) is 3. The first kappa shape index (κ1) is 25.9. The zero-order valence-electron chi connectivity index (χ0n) is 19.9. The molecule has 0 saturated carbocycles. The van der Waals surface area contributed by atoms with Crippen molar-refractivity contribution in [3.63, 3.8) is 0 Å². The molecular formula is C23H39N5O4. The van der Waals surface area contributed by atoms with E-state index in [0.717, 1.165) is 25.0 Å². The van der Waals surface area contributed by atoms with Crippen LogP contribution in [0.1, 0.15) is 45.6 Å². The quantitative estimate of drug-likeness (QED) is 0.285. The van der Waals surface area contributed by atoms with Gasteiger partial charge in [-0.3, -0.25) is 9.98 Å². The van der Waals surface area contributed by atoms with Crippen LogP contribution in [0.25, 0.3) is 0 Å². The molecule has 9 nitrogen and oxygen atoms in total. The maximum absolute atomic E-state index is 12.7. The van der Waals surface area contributed by atoms with E-state index in [1.807, 2.05) is 32.9 Å². The number of ether oxygens (including phenoxy) is 2. The molecule has 1 fully saturated rings. The van der Waals surface area contributed by atoms with Crippen molar-refractivity contribution in [1.29, 1.82) is 0 Å². The van der Waals surface area contributed by atoms with E-state index in [0.29, 0.717) is 45.2 Å². The lowest BCUT2D eigenvalue weighted by Gasteiger charge is -2.28. The van der Waals surface area contributed by atoms with Gasteiger partial charge in [0.15, 0.2) is 5.96 Å². The third-order valence-corrected chi connectivity index (χ3v) is 5.33. The van der Waals surface area contributed by atoms with Gasteiger partial charge in [0.2, 0.25) is 0 Å². The number of rotatable bonds is 10. The molecule has 1 unspecified atom stereocenters. The number of nitrogens with one attached hydrogen (secondary N) is 2.